The van der Waals surface area contributed by atoms with Gasteiger partial charge in [0.15, 0.2) is 0 Å². The van der Waals surface area contributed by atoms with Crippen molar-refractivity contribution >= 4 is 0 Å². The third-order valence-electron chi connectivity index (χ3n) is 2.89. The second-order valence-corrected chi connectivity index (χ2v) is 5.43. The number of rotatable bonds is 7. The summed E-state index contributed by atoms with van der Waals surface area (Å²) in [6.07, 6.45) is 0. The molecule has 5 heteroatoms. The molecule has 2 heterocycles. The van der Waals surface area contributed by atoms with E-state index >= 15 is 0 Å². The van der Waals surface area contributed by atoms with Crippen molar-refractivity contribution < 1.29 is 9.15 Å². The molecule has 0 aliphatic rings. The number of aromatic nitrogens is 2. The molecule has 2 aromatic heterocycles. The molecule has 20 heavy (non-hydrogen) atoms. The van der Waals surface area contributed by atoms with Gasteiger partial charge in [-0.3, -0.25) is 0 Å². The Balaban J connectivity index is 1.82. The zero-order valence-electron chi connectivity index (χ0n) is 12.6. The predicted octanol–water partition coefficient (Wildman–Crippen LogP) is 2.65. The van der Waals surface area contributed by atoms with Crippen molar-refractivity contribution in [1.29, 1.82) is 0 Å². The first-order chi connectivity index (χ1) is 9.54. The lowest BCUT2D eigenvalue weighted by Gasteiger charge is -2.05. The molecule has 0 spiro atoms. The fourth-order valence-corrected chi connectivity index (χ4v) is 1.95. The van der Waals surface area contributed by atoms with Gasteiger partial charge in [-0.25, -0.2) is 4.68 Å². The van der Waals surface area contributed by atoms with Crippen molar-refractivity contribution in [3.05, 3.63) is 35.4 Å². The van der Waals surface area contributed by atoms with Crippen LogP contribution in [0.4, 0.5) is 0 Å². The first kappa shape index (κ1) is 14.7. The number of aryl methyl sites for hydroxylation is 2. The van der Waals surface area contributed by atoms with Crippen molar-refractivity contribution in [1.82, 2.24) is 15.1 Å². The molecule has 0 amide bonds. The van der Waals surface area contributed by atoms with Crippen molar-refractivity contribution in [2.24, 2.45) is 13.0 Å². The molecule has 0 aliphatic heterocycles. The molecule has 0 fully saturated rings. The molecule has 0 aromatic carbocycles. The topological polar surface area (TPSA) is 52.2 Å². The van der Waals surface area contributed by atoms with Crippen LogP contribution in [-0.2, 0) is 20.2 Å². The highest BCUT2D eigenvalue weighted by molar-refractivity contribution is 5.15. The highest BCUT2D eigenvalue weighted by Gasteiger charge is 2.06. The van der Waals surface area contributed by atoms with E-state index in [0.717, 1.165) is 36.2 Å². The van der Waals surface area contributed by atoms with Crippen molar-refractivity contribution in [3.63, 3.8) is 0 Å². The molecular formula is C15H23N3O2. The third-order valence-corrected chi connectivity index (χ3v) is 2.89. The Morgan fingerprint density at radius 3 is 2.75 bits per heavy atom. The summed E-state index contributed by atoms with van der Waals surface area (Å²) in [6.45, 7) is 8.47. The first-order valence-corrected chi connectivity index (χ1v) is 6.96. The molecule has 0 bridgehead atoms. The van der Waals surface area contributed by atoms with Gasteiger partial charge in [0, 0.05) is 13.1 Å². The maximum Gasteiger partial charge on any atom is 0.212 e. The minimum atomic E-state index is 0.420. The summed E-state index contributed by atoms with van der Waals surface area (Å²) < 4.78 is 13.1. The Kier molecular flexibility index (Phi) is 4.84. The average molecular weight is 277 g/mol. The molecule has 2 aromatic rings. The summed E-state index contributed by atoms with van der Waals surface area (Å²) in [5.74, 6) is 3.15. The Bertz CT molecular complexity index is 543. The molecule has 0 radical (unpaired) electrons. The highest BCUT2D eigenvalue weighted by Crippen LogP contribution is 2.15. The van der Waals surface area contributed by atoms with Crippen LogP contribution in [0.25, 0.3) is 0 Å². The van der Waals surface area contributed by atoms with Gasteiger partial charge in [-0.1, -0.05) is 13.8 Å². The predicted molar refractivity (Wildman–Crippen MR) is 77.5 cm³/mol. The van der Waals surface area contributed by atoms with E-state index in [-0.39, 0.29) is 0 Å². The molecule has 1 N–H and O–H groups in total. The van der Waals surface area contributed by atoms with Crippen molar-refractivity contribution in [3.8, 4) is 5.88 Å². The summed E-state index contributed by atoms with van der Waals surface area (Å²) in [7, 11) is 1.87. The molecule has 0 unspecified atom stereocenters. The molecule has 5 nitrogen and oxygen atoms in total. The lowest BCUT2D eigenvalue weighted by Crippen LogP contribution is -2.18. The summed E-state index contributed by atoms with van der Waals surface area (Å²) in [4.78, 5) is 0. The molecule has 0 aliphatic carbocycles. The summed E-state index contributed by atoms with van der Waals surface area (Å²) in [5, 5.41) is 7.59. The van der Waals surface area contributed by atoms with E-state index in [9.17, 15) is 0 Å². The minimum absolute atomic E-state index is 0.420. The van der Waals surface area contributed by atoms with Gasteiger partial charge in [0.2, 0.25) is 5.88 Å². The van der Waals surface area contributed by atoms with E-state index in [1.807, 2.05) is 32.2 Å². The van der Waals surface area contributed by atoms with Crippen LogP contribution in [-0.4, -0.2) is 16.3 Å². The van der Waals surface area contributed by atoms with E-state index in [2.05, 4.69) is 24.3 Å². The Morgan fingerprint density at radius 2 is 2.10 bits per heavy atom. The zero-order valence-corrected chi connectivity index (χ0v) is 12.6. The van der Waals surface area contributed by atoms with Crippen LogP contribution in [0.15, 0.2) is 22.6 Å². The van der Waals surface area contributed by atoms with Gasteiger partial charge in [0.25, 0.3) is 0 Å². The third kappa shape index (κ3) is 4.13. The largest absolute Gasteiger partial charge is 0.470 e. The van der Waals surface area contributed by atoms with Gasteiger partial charge >= 0.3 is 0 Å². The maximum absolute atomic E-state index is 5.72. The quantitative estimate of drug-likeness (QED) is 0.845. The maximum atomic E-state index is 5.72. The van der Waals surface area contributed by atoms with E-state index in [1.54, 1.807) is 4.68 Å². The van der Waals surface area contributed by atoms with Crippen molar-refractivity contribution in [2.75, 3.05) is 6.54 Å². The molecule has 2 rings (SSSR count). The van der Waals surface area contributed by atoms with Gasteiger partial charge < -0.3 is 14.5 Å². The molecular weight excluding hydrogens is 254 g/mol. The van der Waals surface area contributed by atoms with Gasteiger partial charge in [-0.15, -0.1) is 0 Å². The fourth-order valence-electron chi connectivity index (χ4n) is 1.95. The molecule has 0 atom stereocenters. The van der Waals surface area contributed by atoms with E-state index in [0.29, 0.717) is 12.5 Å². The molecule has 0 saturated carbocycles. The normalized spacial score (nSPS) is 11.2. The van der Waals surface area contributed by atoms with Crippen LogP contribution in [0.2, 0.25) is 0 Å². The second kappa shape index (κ2) is 6.61. The SMILES string of the molecule is Cc1cc(OCc2ccc(CNCC(C)C)o2)n(C)n1. The van der Waals surface area contributed by atoms with E-state index < -0.39 is 0 Å². The van der Waals surface area contributed by atoms with Crippen LogP contribution in [0.1, 0.15) is 31.1 Å². The number of hydrogen-bond acceptors (Lipinski definition) is 4. The van der Waals surface area contributed by atoms with Crippen LogP contribution in [0, 0.1) is 12.8 Å². The van der Waals surface area contributed by atoms with Gasteiger partial charge in [-0.05, 0) is 31.5 Å². The Labute approximate surface area is 119 Å². The summed E-state index contributed by atoms with van der Waals surface area (Å²) >= 11 is 0. The summed E-state index contributed by atoms with van der Waals surface area (Å²) in [5.41, 5.74) is 0.945. The minimum Gasteiger partial charge on any atom is -0.470 e. The number of ether oxygens (including phenoxy) is 1. The van der Waals surface area contributed by atoms with Crippen LogP contribution < -0.4 is 10.1 Å². The zero-order chi connectivity index (χ0) is 14.5. The Morgan fingerprint density at radius 1 is 1.35 bits per heavy atom. The van der Waals surface area contributed by atoms with E-state index in [1.165, 1.54) is 0 Å². The number of hydrogen-bond donors (Lipinski definition) is 1. The average Bonchev–Trinajstić information content (AvgIpc) is 2.93. The van der Waals surface area contributed by atoms with Crippen LogP contribution >= 0.6 is 0 Å². The van der Waals surface area contributed by atoms with Gasteiger partial charge in [-0.2, -0.15) is 5.10 Å². The lowest BCUT2D eigenvalue weighted by molar-refractivity contribution is 0.245. The second-order valence-electron chi connectivity index (χ2n) is 5.43. The van der Waals surface area contributed by atoms with Crippen LogP contribution in [0.5, 0.6) is 5.88 Å². The summed E-state index contributed by atoms with van der Waals surface area (Å²) in [6, 6.07) is 5.85. The lowest BCUT2D eigenvalue weighted by atomic mass is 10.2. The van der Waals surface area contributed by atoms with Gasteiger partial charge in [0.05, 0.1) is 12.2 Å². The number of nitrogens with zero attached hydrogens (tertiary/aromatic N) is 2. The molecule has 110 valence electrons. The first-order valence-electron chi connectivity index (χ1n) is 6.96. The number of nitrogens with one attached hydrogen (secondary N) is 1. The molecule has 0 saturated heterocycles. The standard InChI is InChI=1S/C15H23N3O2/c1-11(2)8-16-9-13-5-6-14(20-13)10-19-15-7-12(3)17-18(15)4/h5-7,11,16H,8-10H2,1-4H3. The highest BCUT2D eigenvalue weighted by atomic mass is 16.5. The monoisotopic (exact) mass is 277 g/mol. The number of furan rings is 1. The van der Waals surface area contributed by atoms with Crippen molar-refractivity contribution in [2.45, 2.75) is 33.9 Å². The van der Waals surface area contributed by atoms with Gasteiger partial charge in [0.1, 0.15) is 18.1 Å². The smallest absolute Gasteiger partial charge is 0.212 e. The fraction of sp³-hybridized carbons (Fsp3) is 0.533. The Hall–Kier alpha value is -1.75. The van der Waals surface area contributed by atoms with Crippen LogP contribution in [0.3, 0.4) is 0 Å². The van der Waals surface area contributed by atoms with E-state index in [4.69, 9.17) is 9.15 Å².